The van der Waals surface area contributed by atoms with E-state index in [0.717, 1.165) is 11.1 Å². The summed E-state index contributed by atoms with van der Waals surface area (Å²) in [4.78, 5) is 23.9. The van der Waals surface area contributed by atoms with Crippen molar-refractivity contribution in [3.63, 3.8) is 0 Å². The SMILES string of the molecule is COc1cc(C=CCNC(=O)OCC2c3ccccc3-c3ccccc32)c(C(=O)O)cc1OC. The monoisotopic (exact) mass is 459 g/mol. The first-order chi connectivity index (χ1) is 16.5. The fourth-order valence-corrected chi connectivity index (χ4v) is 4.20. The van der Waals surface area contributed by atoms with Gasteiger partial charge in [-0.3, -0.25) is 0 Å². The summed E-state index contributed by atoms with van der Waals surface area (Å²) in [6.07, 6.45) is 2.71. The number of hydrogen-bond acceptors (Lipinski definition) is 5. The van der Waals surface area contributed by atoms with Gasteiger partial charge in [0.05, 0.1) is 19.8 Å². The Labute approximate surface area is 197 Å². The van der Waals surface area contributed by atoms with Gasteiger partial charge in [0.1, 0.15) is 6.61 Å². The van der Waals surface area contributed by atoms with Gasteiger partial charge < -0.3 is 24.6 Å². The van der Waals surface area contributed by atoms with Crippen molar-refractivity contribution < 1.29 is 28.9 Å². The predicted molar refractivity (Wildman–Crippen MR) is 129 cm³/mol. The van der Waals surface area contributed by atoms with Crippen molar-refractivity contribution in [2.24, 2.45) is 0 Å². The highest BCUT2D eigenvalue weighted by molar-refractivity contribution is 5.93. The molecule has 0 unspecified atom stereocenters. The molecule has 0 aromatic heterocycles. The minimum Gasteiger partial charge on any atom is -0.493 e. The molecular weight excluding hydrogens is 434 g/mol. The van der Waals surface area contributed by atoms with Crippen LogP contribution in [0, 0.1) is 0 Å². The number of rotatable bonds is 8. The van der Waals surface area contributed by atoms with Crippen LogP contribution in [0.25, 0.3) is 17.2 Å². The lowest BCUT2D eigenvalue weighted by Crippen LogP contribution is -2.26. The minimum absolute atomic E-state index is 0.0152. The van der Waals surface area contributed by atoms with Gasteiger partial charge in [0.25, 0.3) is 0 Å². The Morgan fingerprint density at radius 1 is 0.941 bits per heavy atom. The molecule has 0 spiro atoms. The number of fused-ring (bicyclic) bond motifs is 3. The Hall–Kier alpha value is -4.26. The number of aromatic carboxylic acids is 1. The molecule has 7 nitrogen and oxygen atoms in total. The average molecular weight is 459 g/mol. The number of hydrogen-bond donors (Lipinski definition) is 2. The molecule has 0 fully saturated rings. The summed E-state index contributed by atoms with van der Waals surface area (Å²) in [6, 6.07) is 19.3. The fourth-order valence-electron chi connectivity index (χ4n) is 4.20. The molecule has 0 saturated heterocycles. The van der Waals surface area contributed by atoms with Crippen molar-refractivity contribution in [2.45, 2.75) is 5.92 Å². The maximum atomic E-state index is 12.3. The maximum Gasteiger partial charge on any atom is 0.407 e. The zero-order valence-electron chi connectivity index (χ0n) is 18.9. The molecule has 174 valence electrons. The Balaban J connectivity index is 1.37. The van der Waals surface area contributed by atoms with Gasteiger partial charge in [-0.1, -0.05) is 60.7 Å². The molecule has 0 bridgehead atoms. The Kier molecular flexibility index (Phi) is 6.82. The third-order valence-electron chi connectivity index (χ3n) is 5.79. The van der Waals surface area contributed by atoms with E-state index in [1.54, 1.807) is 18.2 Å². The molecule has 0 heterocycles. The van der Waals surface area contributed by atoms with Crippen molar-refractivity contribution in [1.82, 2.24) is 5.32 Å². The molecule has 3 aromatic carbocycles. The lowest BCUT2D eigenvalue weighted by molar-refractivity contribution is 0.0696. The Morgan fingerprint density at radius 3 is 2.12 bits per heavy atom. The molecule has 0 saturated carbocycles. The second-order valence-corrected chi connectivity index (χ2v) is 7.71. The summed E-state index contributed by atoms with van der Waals surface area (Å²) in [5, 5.41) is 12.2. The van der Waals surface area contributed by atoms with E-state index in [2.05, 4.69) is 29.6 Å². The van der Waals surface area contributed by atoms with Crippen LogP contribution in [0.15, 0.2) is 66.7 Å². The summed E-state index contributed by atoms with van der Waals surface area (Å²) < 4.78 is 15.9. The standard InChI is InChI=1S/C27H25NO6/c1-32-24-14-17(22(26(29)30)15-25(24)33-2)8-7-13-28-27(31)34-16-23-20-11-5-3-9-18(20)19-10-4-6-12-21(19)23/h3-12,14-15,23H,13,16H2,1-2H3,(H,28,31)(H,29,30). The van der Waals surface area contributed by atoms with Gasteiger partial charge in [-0.25, -0.2) is 9.59 Å². The second-order valence-electron chi connectivity index (χ2n) is 7.71. The molecule has 0 atom stereocenters. The number of carbonyl (C=O) groups excluding carboxylic acids is 1. The summed E-state index contributed by atoms with van der Waals surface area (Å²) in [5.74, 6) is -0.367. The smallest absolute Gasteiger partial charge is 0.407 e. The highest BCUT2D eigenvalue weighted by Crippen LogP contribution is 2.44. The van der Waals surface area contributed by atoms with Crippen LogP contribution in [0.1, 0.15) is 33.0 Å². The molecule has 1 aliphatic carbocycles. The largest absolute Gasteiger partial charge is 0.493 e. The van der Waals surface area contributed by atoms with Crippen LogP contribution in [0.4, 0.5) is 4.79 Å². The van der Waals surface area contributed by atoms with E-state index >= 15 is 0 Å². The number of alkyl carbamates (subject to hydrolysis) is 1. The van der Waals surface area contributed by atoms with Crippen LogP contribution >= 0.6 is 0 Å². The topological polar surface area (TPSA) is 94.1 Å². The molecule has 2 N–H and O–H groups in total. The first-order valence-electron chi connectivity index (χ1n) is 10.8. The van der Waals surface area contributed by atoms with Gasteiger partial charge >= 0.3 is 12.1 Å². The lowest BCUT2D eigenvalue weighted by Gasteiger charge is -2.14. The molecule has 4 rings (SSSR count). The van der Waals surface area contributed by atoms with Crippen molar-refractivity contribution in [3.8, 4) is 22.6 Å². The number of amides is 1. The Bertz CT molecular complexity index is 1200. The maximum absolute atomic E-state index is 12.3. The Morgan fingerprint density at radius 2 is 1.53 bits per heavy atom. The highest BCUT2D eigenvalue weighted by atomic mass is 16.5. The quantitative estimate of drug-likeness (QED) is 0.495. The number of carboxylic acids is 1. The molecule has 34 heavy (non-hydrogen) atoms. The number of methoxy groups -OCH3 is 2. The van der Waals surface area contributed by atoms with E-state index in [1.807, 2.05) is 24.3 Å². The zero-order chi connectivity index (χ0) is 24.1. The summed E-state index contributed by atoms with van der Waals surface area (Å²) >= 11 is 0. The van der Waals surface area contributed by atoms with Gasteiger partial charge in [0.2, 0.25) is 0 Å². The number of carbonyl (C=O) groups is 2. The van der Waals surface area contributed by atoms with Gasteiger partial charge in [-0.05, 0) is 39.9 Å². The van der Waals surface area contributed by atoms with Crippen LogP contribution in [0.3, 0.4) is 0 Å². The minimum atomic E-state index is -1.09. The number of ether oxygens (including phenoxy) is 3. The van der Waals surface area contributed by atoms with Crippen molar-refractivity contribution in [3.05, 3.63) is 89.0 Å². The van der Waals surface area contributed by atoms with E-state index in [4.69, 9.17) is 14.2 Å². The van der Waals surface area contributed by atoms with Crippen molar-refractivity contribution in [1.29, 1.82) is 0 Å². The van der Waals surface area contributed by atoms with Gasteiger partial charge in [0, 0.05) is 12.5 Å². The third-order valence-corrected chi connectivity index (χ3v) is 5.79. The second kappa shape index (κ2) is 10.1. The first kappa shape index (κ1) is 22.9. The fraction of sp³-hybridized carbons (Fsp3) is 0.185. The van der Waals surface area contributed by atoms with Gasteiger partial charge in [-0.2, -0.15) is 0 Å². The van der Waals surface area contributed by atoms with E-state index in [-0.39, 0.29) is 24.6 Å². The van der Waals surface area contributed by atoms with Gasteiger partial charge in [0.15, 0.2) is 11.5 Å². The van der Waals surface area contributed by atoms with Crippen LogP contribution in [-0.2, 0) is 4.74 Å². The normalized spacial score (nSPS) is 12.2. The molecular formula is C27H25NO6. The molecule has 1 aliphatic rings. The lowest BCUT2D eigenvalue weighted by atomic mass is 9.98. The number of nitrogens with one attached hydrogen (secondary N) is 1. The highest BCUT2D eigenvalue weighted by Gasteiger charge is 2.28. The van der Waals surface area contributed by atoms with E-state index in [0.29, 0.717) is 17.1 Å². The third kappa shape index (κ3) is 4.59. The summed E-state index contributed by atoms with van der Waals surface area (Å²) in [7, 11) is 2.92. The first-order valence-corrected chi connectivity index (χ1v) is 10.8. The molecule has 7 heteroatoms. The van der Waals surface area contributed by atoms with Crippen molar-refractivity contribution in [2.75, 3.05) is 27.4 Å². The van der Waals surface area contributed by atoms with Crippen LogP contribution in [0.5, 0.6) is 11.5 Å². The molecule has 0 radical (unpaired) electrons. The predicted octanol–water partition coefficient (Wildman–Crippen LogP) is 4.95. The number of carboxylic acid groups (broad SMARTS) is 1. The average Bonchev–Trinajstić information content (AvgIpc) is 3.18. The van der Waals surface area contributed by atoms with Crippen LogP contribution < -0.4 is 14.8 Å². The summed E-state index contributed by atoms with van der Waals surface area (Å²) in [6.45, 7) is 0.395. The van der Waals surface area contributed by atoms with Crippen LogP contribution in [0.2, 0.25) is 0 Å². The molecule has 0 aliphatic heterocycles. The van der Waals surface area contributed by atoms with Gasteiger partial charge in [-0.15, -0.1) is 0 Å². The van der Waals surface area contributed by atoms with E-state index < -0.39 is 12.1 Å². The van der Waals surface area contributed by atoms with Crippen LogP contribution in [-0.4, -0.2) is 44.5 Å². The van der Waals surface area contributed by atoms with E-state index in [9.17, 15) is 14.7 Å². The summed E-state index contributed by atoms with van der Waals surface area (Å²) in [5.41, 5.74) is 5.12. The van der Waals surface area contributed by atoms with E-state index in [1.165, 1.54) is 31.4 Å². The van der Waals surface area contributed by atoms with Crippen molar-refractivity contribution >= 4 is 18.1 Å². The zero-order valence-corrected chi connectivity index (χ0v) is 18.9. The molecule has 3 aromatic rings. The number of benzene rings is 3. The molecule has 1 amide bonds.